The molecule has 1 aliphatic carbocycles. The van der Waals surface area contributed by atoms with E-state index in [1.165, 1.54) is 0 Å². The largest absolute Gasteiger partial charge is 0.244 e. The molecule has 3 unspecified atom stereocenters. The lowest BCUT2D eigenvalue weighted by molar-refractivity contribution is 0.151. The van der Waals surface area contributed by atoms with Crippen molar-refractivity contribution in [3.8, 4) is 0 Å². The molecule has 5 rings (SSSR count). The minimum Gasteiger partial charge on any atom is -0.207 e. The van der Waals surface area contributed by atoms with E-state index in [9.17, 15) is 8.42 Å². The van der Waals surface area contributed by atoms with Crippen molar-refractivity contribution in [3.63, 3.8) is 0 Å². The molecule has 2 heterocycles. The third-order valence-corrected chi connectivity index (χ3v) is 7.04. The van der Waals surface area contributed by atoms with Crippen molar-refractivity contribution in [1.29, 1.82) is 0 Å². The molecule has 0 amide bonds. The summed E-state index contributed by atoms with van der Waals surface area (Å²) in [4.78, 5) is 0.384. The average molecular weight is 339 g/mol. The number of sulfonamides is 1. The van der Waals surface area contributed by atoms with Crippen molar-refractivity contribution in [2.75, 3.05) is 0 Å². The summed E-state index contributed by atoms with van der Waals surface area (Å²) in [6.45, 7) is 1.97. The molecule has 0 aromatic heterocycles. The van der Waals surface area contributed by atoms with E-state index < -0.39 is 10.0 Å². The first-order chi connectivity index (χ1) is 11.6. The maximum atomic E-state index is 13.4. The first-order valence-electron chi connectivity index (χ1n) is 8.41. The summed E-state index contributed by atoms with van der Waals surface area (Å²) in [5.41, 5.74) is 2.14. The molecule has 0 N–H and O–H groups in total. The summed E-state index contributed by atoms with van der Waals surface area (Å²) in [6.07, 6.45) is 6.21. The van der Waals surface area contributed by atoms with Crippen LogP contribution < -0.4 is 0 Å². The highest BCUT2D eigenvalue weighted by Crippen LogP contribution is 2.46. The summed E-state index contributed by atoms with van der Waals surface area (Å²) in [6, 6.07) is 17.0. The third-order valence-electron chi connectivity index (χ3n) is 5.12. The molecule has 0 radical (unpaired) electrons. The Morgan fingerprint density at radius 3 is 2.25 bits per heavy atom. The van der Waals surface area contributed by atoms with Crippen molar-refractivity contribution in [2.24, 2.45) is 5.92 Å². The molecular weight excluding hydrogens is 318 g/mol. The summed E-state index contributed by atoms with van der Waals surface area (Å²) in [7, 11) is -3.52. The fourth-order valence-corrected chi connectivity index (χ4v) is 5.73. The lowest BCUT2D eigenvalue weighted by Crippen LogP contribution is -2.50. The van der Waals surface area contributed by atoms with Gasteiger partial charge in [-0.1, -0.05) is 60.2 Å². The highest BCUT2D eigenvalue weighted by molar-refractivity contribution is 7.89. The Bertz CT molecular complexity index is 856. The highest BCUT2D eigenvalue weighted by atomic mass is 32.2. The van der Waals surface area contributed by atoms with Gasteiger partial charge in [-0.3, -0.25) is 0 Å². The van der Waals surface area contributed by atoms with Gasteiger partial charge in [0.25, 0.3) is 0 Å². The quantitative estimate of drug-likeness (QED) is 0.790. The smallest absolute Gasteiger partial charge is 0.207 e. The lowest BCUT2D eigenvalue weighted by Gasteiger charge is -2.47. The number of rotatable bonds is 3. The van der Waals surface area contributed by atoms with Crippen LogP contribution in [0.5, 0.6) is 0 Å². The van der Waals surface area contributed by atoms with Gasteiger partial charge in [-0.25, -0.2) is 8.42 Å². The van der Waals surface area contributed by atoms with Crippen molar-refractivity contribution in [3.05, 3.63) is 77.9 Å². The summed E-state index contributed by atoms with van der Waals surface area (Å²) >= 11 is 0. The maximum absolute atomic E-state index is 13.4. The molecule has 2 aromatic carbocycles. The molecule has 3 aliphatic rings. The van der Waals surface area contributed by atoms with Crippen LogP contribution in [0.3, 0.4) is 0 Å². The third kappa shape index (κ3) is 2.50. The van der Waals surface area contributed by atoms with E-state index in [1.807, 2.05) is 49.4 Å². The molecule has 2 aliphatic heterocycles. The number of nitrogens with zero attached hydrogens (tertiary/aromatic N) is 1. The van der Waals surface area contributed by atoms with Gasteiger partial charge in [-0.05, 0) is 43.4 Å². The zero-order valence-electron chi connectivity index (χ0n) is 13.7. The van der Waals surface area contributed by atoms with E-state index in [-0.39, 0.29) is 18.0 Å². The molecule has 1 fully saturated rings. The predicted molar refractivity (Wildman–Crippen MR) is 95.0 cm³/mol. The normalized spacial score (nSPS) is 26.6. The second kappa shape index (κ2) is 5.87. The molecule has 0 spiro atoms. The number of fused-ring (bicyclic) bond motifs is 2. The second-order valence-corrected chi connectivity index (χ2v) is 8.54. The highest BCUT2D eigenvalue weighted by Gasteiger charge is 2.45. The number of benzene rings is 2. The summed E-state index contributed by atoms with van der Waals surface area (Å²) < 4.78 is 28.5. The molecular formula is C20H21NO2S. The summed E-state index contributed by atoms with van der Waals surface area (Å²) in [5, 5.41) is 0. The molecule has 0 saturated carbocycles. The van der Waals surface area contributed by atoms with E-state index in [0.29, 0.717) is 4.90 Å². The molecule has 2 aromatic rings. The van der Waals surface area contributed by atoms with Crippen LogP contribution in [0.4, 0.5) is 0 Å². The van der Waals surface area contributed by atoms with Crippen molar-refractivity contribution >= 4 is 10.0 Å². The minimum absolute atomic E-state index is 0.0495. The van der Waals surface area contributed by atoms with E-state index in [4.69, 9.17) is 0 Å². The van der Waals surface area contributed by atoms with Crippen molar-refractivity contribution < 1.29 is 8.42 Å². The van der Waals surface area contributed by atoms with Crippen LogP contribution in [0, 0.1) is 12.8 Å². The van der Waals surface area contributed by atoms with Gasteiger partial charge in [-0.2, -0.15) is 4.31 Å². The van der Waals surface area contributed by atoms with Gasteiger partial charge < -0.3 is 0 Å². The van der Waals surface area contributed by atoms with Crippen LogP contribution in [-0.4, -0.2) is 18.8 Å². The van der Waals surface area contributed by atoms with Gasteiger partial charge in [0.05, 0.1) is 10.9 Å². The number of hydrogen-bond donors (Lipinski definition) is 0. The fraction of sp³-hybridized carbons (Fsp3) is 0.300. The molecule has 4 heteroatoms. The SMILES string of the molecule is Cc1ccc(S(=O)(=O)N2C3C=CC(CC3)C2c2ccccc2)cc1. The van der Waals surface area contributed by atoms with Crippen LogP contribution in [-0.2, 0) is 10.0 Å². The maximum Gasteiger partial charge on any atom is 0.244 e. The van der Waals surface area contributed by atoms with Crippen LogP contribution in [0.2, 0.25) is 0 Å². The van der Waals surface area contributed by atoms with Gasteiger partial charge in [0.15, 0.2) is 0 Å². The summed E-state index contributed by atoms with van der Waals surface area (Å²) in [5.74, 6) is 0.248. The minimum atomic E-state index is -3.52. The fourth-order valence-electron chi connectivity index (χ4n) is 3.90. The van der Waals surface area contributed by atoms with Crippen LogP contribution in [0.15, 0.2) is 71.6 Å². The van der Waals surface area contributed by atoms with Gasteiger partial charge in [0.1, 0.15) is 0 Å². The van der Waals surface area contributed by atoms with Crippen molar-refractivity contribution in [1.82, 2.24) is 4.31 Å². The van der Waals surface area contributed by atoms with Gasteiger partial charge in [0.2, 0.25) is 10.0 Å². The zero-order valence-corrected chi connectivity index (χ0v) is 14.5. The van der Waals surface area contributed by atoms with Gasteiger partial charge in [0, 0.05) is 6.04 Å². The predicted octanol–water partition coefficient (Wildman–Crippen LogP) is 4.08. The first-order valence-corrected chi connectivity index (χ1v) is 9.85. The van der Waals surface area contributed by atoms with Gasteiger partial charge in [-0.15, -0.1) is 0 Å². The molecule has 3 atom stereocenters. The zero-order chi connectivity index (χ0) is 16.7. The van der Waals surface area contributed by atoms with E-state index >= 15 is 0 Å². The average Bonchev–Trinajstić information content (AvgIpc) is 2.63. The monoisotopic (exact) mass is 339 g/mol. The Kier molecular flexibility index (Phi) is 3.82. The Hall–Kier alpha value is -1.91. The first kappa shape index (κ1) is 15.6. The van der Waals surface area contributed by atoms with Crippen LogP contribution >= 0.6 is 0 Å². The molecule has 3 nitrogen and oxygen atoms in total. The van der Waals surface area contributed by atoms with Crippen LogP contribution in [0.1, 0.15) is 30.0 Å². The molecule has 2 bridgehead atoms. The number of aryl methyl sites for hydroxylation is 1. The van der Waals surface area contributed by atoms with E-state index in [1.54, 1.807) is 16.4 Å². The molecule has 1 saturated heterocycles. The Balaban J connectivity index is 1.82. The lowest BCUT2D eigenvalue weighted by atomic mass is 9.79. The van der Waals surface area contributed by atoms with E-state index in [0.717, 1.165) is 24.0 Å². The molecule has 24 heavy (non-hydrogen) atoms. The Labute approximate surface area is 143 Å². The standard InChI is InChI=1S/C20H21NO2S/c1-15-7-13-19(14-8-15)24(22,23)21-18-11-9-17(10-12-18)20(21)16-5-3-2-4-6-16/h2-9,11,13-14,17-18,20H,10,12H2,1H3. The number of piperidine rings is 1. The topological polar surface area (TPSA) is 37.4 Å². The van der Waals surface area contributed by atoms with E-state index in [2.05, 4.69) is 12.2 Å². The number of hydrogen-bond acceptors (Lipinski definition) is 2. The van der Waals surface area contributed by atoms with Crippen LogP contribution in [0.25, 0.3) is 0 Å². The Morgan fingerprint density at radius 2 is 1.62 bits per heavy atom. The van der Waals surface area contributed by atoms with Crippen molar-refractivity contribution in [2.45, 2.75) is 36.7 Å². The van der Waals surface area contributed by atoms with Gasteiger partial charge >= 0.3 is 0 Å². The Morgan fingerprint density at radius 1 is 0.917 bits per heavy atom. The molecule has 124 valence electrons. The second-order valence-electron chi connectivity index (χ2n) is 6.70.